The fraction of sp³-hybridized carbons (Fsp3) is 0.100. The molecule has 1 unspecified atom stereocenters. The van der Waals surface area contributed by atoms with Crippen LogP contribution in [0.3, 0.4) is 0 Å². The van der Waals surface area contributed by atoms with Crippen molar-refractivity contribution in [1.82, 2.24) is 9.97 Å². The first kappa shape index (κ1) is 17.6. The van der Waals surface area contributed by atoms with Crippen LogP contribution in [0.2, 0.25) is 0 Å². The minimum absolute atomic E-state index is 0.151. The summed E-state index contributed by atoms with van der Waals surface area (Å²) in [6.07, 6.45) is 0.852. The Kier molecular flexibility index (Phi) is 4.91. The topological polar surface area (TPSA) is 92.4 Å². The van der Waals surface area contributed by atoms with Crippen LogP contribution in [0.15, 0.2) is 65.8 Å². The van der Waals surface area contributed by atoms with Crippen LogP contribution in [0.5, 0.6) is 0 Å². The maximum Gasteiger partial charge on any atom is 0.229 e. The van der Waals surface area contributed by atoms with Gasteiger partial charge in [-0.15, -0.1) is 0 Å². The van der Waals surface area contributed by atoms with Gasteiger partial charge in [0.05, 0.1) is 11.6 Å². The zero-order valence-electron chi connectivity index (χ0n) is 14.5. The summed E-state index contributed by atoms with van der Waals surface area (Å²) in [5.74, 6) is 0.692. The Bertz CT molecular complexity index is 1080. The van der Waals surface area contributed by atoms with E-state index in [1.807, 2.05) is 0 Å². The zero-order valence-corrected chi connectivity index (χ0v) is 14.5. The summed E-state index contributed by atoms with van der Waals surface area (Å²) >= 11 is 0. The molecule has 0 amide bonds. The first-order valence-electron chi connectivity index (χ1n) is 8.41. The van der Waals surface area contributed by atoms with Crippen LogP contribution in [0.4, 0.5) is 21.8 Å². The van der Waals surface area contributed by atoms with Gasteiger partial charge >= 0.3 is 0 Å². The molecule has 3 aromatic rings. The lowest BCUT2D eigenvalue weighted by atomic mass is 10.2. The normalized spacial score (nSPS) is 17.1. The molecule has 1 aromatic heterocycles. The second-order valence-electron chi connectivity index (χ2n) is 5.88. The molecule has 0 bridgehead atoms. The first-order chi connectivity index (χ1) is 13.7. The number of aliphatic imine (C=N–C) groups is 1. The third-order valence-corrected chi connectivity index (χ3v) is 3.85. The van der Waals surface area contributed by atoms with Gasteiger partial charge in [-0.05, 0) is 30.3 Å². The van der Waals surface area contributed by atoms with E-state index in [9.17, 15) is 4.39 Å². The number of hydrogen-bond donors (Lipinski definition) is 1. The Morgan fingerprint density at radius 1 is 1.18 bits per heavy atom. The van der Waals surface area contributed by atoms with Crippen molar-refractivity contribution in [3.63, 3.8) is 0 Å². The van der Waals surface area contributed by atoms with Crippen LogP contribution in [0, 0.1) is 17.1 Å². The molecule has 1 N–H and O–H groups in total. The monoisotopic (exact) mass is 375 g/mol. The third-order valence-electron chi connectivity index (χ3n) is 3.85. The molecule has 0 aliphatic carbocycles. The zero-order chi connectivity index (χ0) is 19.3. The molecule has 4 rings (SSSR count). The number of benzene rings is 2. The molecule has 0 saturated carbocycles. The van der Waals surface area contributed by atoms with E-state index in [1.54, 1.807) is 48.7 Å². The number of nitriles is 1. The number of anilines is 2. The van der Waals surface area contributed by atoms with Crippen molar-refractivity contribution in [3.8, 4) is 6.07 Å². The number of nitrogens with zero attached hydrogens (tertiary/aromatic N) is 4. The van der Waals surface area contributed by atoms with E-state index in [-0.39, 0.29) is 12.4 Å². The molecule has 138 valence electrons. The molecule has 1 fully saturated rings. The van der Waals surface area contributed by atoms with E-state index in [0.717, 1.165) is 0 Å². The summed E-state index contributed by atoms with van der Waals surface area (Å²) in [5.41, 5.74) is 1.80. The van der Waals surface area contributed by atoms with Crippen LogP contribution in [0.1, 0.15) is 17.4 Å². The van der Waals surface area contributed by atoms with E-state index in [0.29, 0.717) is 34.5 Å². The van der Waals surface area contributed by atoms with Crippen LogP contribution in [-0.2, 0) is 9.47 Å². The van der Waals surface area contributed by atoms with E-state index in [2.05, 4.69) is 26.3 Å². The Hall–Kier alpha value is -3.83. The molecule has 0 radical (unpaired) electrons. The van der Waals surface area contributed by atoms with Crippen molar-refractivity contribution in [1.29, 1.82) is 5.26 Å². The van der Waals surface area contributed by atoms with Gasteiger partial charge in [-0.25, -0.2) is 9.37 Å². The van der Waals surface area contributed by atoms with Crippen LogP contribution >= 0.6 is 0 Å². The average molecular weight is 375 g/mol. The molecule has 7 nitrogen and oxygen atoms in total. The van der Waals surface area contributed by atoms with Crippen molar-refractivity contribution in [3.05, 3.63) is 77.7 Å². The Labute approximate surface area is 160 Å². The van der Waals surface area contributed by atoms with Crippen molar-refractivity contribution in [2.24, 2.45) is 4.99 Å². The quantitative estimate of drug-likeness (QED) is 0.741. The second-order valence-corrected chi connectivity index (χ2v) is 5.88. The fourth-order valence-electron chi connectivity index (χ4n) is 2.61. The molecule has 1 saturated heterocycles. The predicted octanol–water partition coefficient (Wildman–Crippen LogP) is 4.01. The summed E-state index contributed by atoms with van der Waals surface area (Å²) in [5, 5.41) is 12.0. The lowest BCUT2D eigenvalue weighted by molar-refractivity contribution is -0.0246. The van der Waals surface area contributed by atoms with Gasteiger partial charge in [0.1, 0.15) is 12.4 Å². The highest BCUT2D eigenvalue weighted by Gasteiger charge is 2.24. The fourth-order valence-corrected chi connectivity index (χ4v) is 2.61. The molecule has 8 heteroatoms. The Balaban J connectivity index is 1.48. The number of halogens is 1. The summed E-state index contributed by atoms with van der Waals surface area (Å²) < 4.78 is 24.5. The summed E-state index contributed by atoms with van der Waals surface area (Å²) in [7, 11) is 0. The molecule has 28 heavy (non-hydrogen) atoms. The number of hydrogen-bond acceptors (Lipinski definition) is 7. The van der Waals surface area contributed by atoms with Gasteiger partial charge in [0.2, 0.25) is 18.1 Å². The van der Waals surface area contributed by atoms with Crippen molar-refractivity contribution in [2.45, 2.75) is 6.29 Å². The maximum absolute atomic E-state index is 13.4. The van der Waals surface area contributed by atoms with Gasteiger partial charge in [0, 0.05) is 23.5 Å². The second kappa shape index (κ2) is 7.82. The predicted molar refractivity (Wildman–Crippen MR) is 99.7 cm³/mol. The minimum atomic E-state index is -0.706. The highest BCUT2D eigenvalue weighted by Crippen LogP contribution is 2.26. The molecule has 2 heterocycles. The number of aromatic nitrogens is 2. The van der Waals surface area contributed by atoms with Crippen molar-refractivity contribution >= 4 is 23.4 Å². The summed E-state index contributed by atoms with van der Waals surface area (Å²) in [6, 6.07) is 16.7. The van der Waals surface area contributed by atoms with Gasteiger partial charge in [0.25, 0.3) is 0 Å². The molecular weight excluding hydrogens is 361 g/mol. The third kappa shape index (κ3) is 4.11. The molecule has 1 aliphatic heterocycles. The molecule has 1 atom stereocenters. The minimum Gasteiger partial charge on any atom is -0.445 e. The molecule has 2 aromatic carbocycles. The molecule has 1 aliphatic rings. The van der Waals surface area contributed by atoms with E-state index >= 15 is 0 Å². The number of rotatable bonds is 4. The van der Waals surface area contributed by atoms with E-state index in [1.165, 1.54) is 12.1 Å². The van der Waals surface area contributed by atoms with Crippen molar-refractivity contribution < 1.29 is 13.9 Å². The van der Waals surface area contributed by atoms with Crippen LogP contribution in [-0.4, -0.2) is 22.5 Å². The number of nitrogens with one attached hydrogen (secondary N) is 1. The highest BCUT2D eigenvalue weighted by atomic mass is 19.1. The largest absolute Gasteiger partial charge is 0.445 e. The van der Waals surface area contributed by atoms with Gasteiger partial charge in [0.15, 0.2) is 5.82 Å². The maximum atomic E-state index is 13.4. The summed E-state index contributed by atoms with van der Waals surface area (Å²) in [6.45, 7) is 0.151. The first-order valence-corrected chi connectivity index (χ1v) is 8.41. The van der Waals surface area contributed by atoms with Gasteiger partial charge in [-0.2, -0.15) is 15.2 Å². The smallest absolute Gasteiger partial charge is 0.229 e. The van der Waals surface area contributed by atoms with Crippen LogP contribution < -0.4 is 5.32 Å². The number of ether oxygens (including phenoxy) is 2. The van der Waals surface area contributed by atoms with E-state index < -0.39 is 6.29 Å². The lowest BCUT2D eigenvalue weighted by Crippen LogP contribution is -2.01. The summed E-state index contributed by atoms with van der Waals surface area (Å²) in [4.78, 5) is 12.8. The van der Waals surface area contributed by atoms with Crippen LogP contribution in [0.25, 0.3) is 0 Å². The Morgan fingerprint density at radius 3 is 2.93 bits per heavy atom. The Morgan fingerprint density at radius 2 is 2.07 bits per heavy atom. The lowest BCUT2D eigenvalue weighted by Gasteiger charge is -2.09. The highest BCUT2D eigenvalue weighted by molar-refractivity contribution is 5.81. The molecular formula is C20H14FN5O2. The van der Waals surface area contributed by atoms with E-state index in [4.69, 9.17) is 14.7 Å². The van der Waals surface area contributed by atoms with Gasteiger partial charge < -0.3 is 14.8 Å². The average Bonchev–Trinajstić information content (AvgIpc) is 3.17. The SMILES string of the molecule is N#Cc1cccc(Nc2nccc(N=C3COC(c4cccc(F)c4)O3)n2)c1. The van der Waals surface area contributed by atoms with Gasteiger partial charge in [-0.1, -0.05) is 18.2 Å². The van der Waals surface area contributed by atoms with Gasteiger partial charge in [-0.3, -0.25) is 0 Å². The van der Waals surface area contributed by atoms with Crippen molar-refractivity contribution in [2.75, 3.05) is 11.9 Å². The molecule has 0 spiro atoms. The standard InChI is InChI=1S/C20H14FN5O2/c21-15-5-2-4-14(10-15)19-27-12-18(28-19)25-17-7-8-23-20(26-17)24-16-6-1-3-13(9-16)11-22/h1-10,19H,12H2,(H,23,24,26).